The second-order valence-corrected chi connectivity index (χ2v) is 37.6. The number of fused-ring (bicyclic) bond motifs is 2. The van der Waals surface area contributed by atoms with Crippen molar-refractivity contribution in [1.29, 1.82) is 0 Å². The van der Waals surface area contributed by atoms with Gasteiger partial charge in [0.25, 0.3) is 0 Å². The highest BCUT2D eigenvalue weighted by atomic mass is 33.1. The minimum Gasteiger partial charge on any atom is -0.492 e. The second-order valence-electron chi connectivity index (χ2n) is 34.2. The number of ether oxygens (including phenoxy) is 2. The lowest BCUT2D eigenvalue weighted by Crippen LogP contribution is -2.67. The monoisotopic (exact) mass is 1900 g/mol. The summed E-state index contributed by atoms with van der Waals surface area (Å²) >= 11 is 0. The number of pyridine rings is 1. The number of aliphatic carboxylic acids is 1. The molecule has 0 radical (unpaired) electrons. The third-order valence-corrected chi connectivity index (χ3v) is 26.6. The molecule has 17 amide bonds. The third kappa shape index (κ3) is 31.4. The van der Waals surface area contributed by atoms with Gasteiger partial charge in [-0.05, 0) is 124 Å². The first kappa shape index (κ1) is 106. The number of primary amides is 3. The van der Waals surface area contributed by atoms with Crippen LogP contribution in [0.15, 0.2) is 116 Å². The fraction of sp³-hybridized carbons (Fsp3) is 0.478. The normalized spacial score (nSPS) is 19.5. The van der Waals surface area contributed by atoms with Gasteiger partial charge in [0.2, 0.25) is 100 Å². The number of aliphatic hydroxyl groups excluding tert-OH is 1. The minimum absolute atomic E-state index is 0.0903. The summed E-state index contributed by atoms with van der Waals surface area (Å²) in [6.07, 6.45) is -2.62. The summed E-state index contributed by atoms with van der Waals surface area (Å²) < 4.78 is 8.25. The maximum Gasteiger partial charge on any atom is 0.303 e. The molecule has 12 atom stereocenters. The van der Waals surface area contributed by atoms with Crippen LogP contribution in [0.1, 0.15) is 134 Å². The number of hydrogen-bond acceptors (Lipinski definition) is 25. The molecule has 12 unspecified atom stereocenters. The molecule has 42 nitrogen and oxygen atoms in total. The highest BCUT2D eigenvalue weighted by molar-refractivity contribution is 8.77. The Kier molecular flexibility index (Phi) is 39.1. The van der Waals surface area contributed by atoms with E-state index in [1.807, 2.05) is 19.1 Å². The van der Waals surface area contributed by atoms with Crippen molar-refractivity contribution < 1.29 is 106 Å². The van der Waals surface area contributed by atoms with Crippen molar-refractivity contribution in [3.63, 3.8) is 0 Å². The van der Waals surface area contributed by atoms with E-state index in [4.69, 9.17) is 32.4 Å². The summed E-state index contributed by atoms with van der Waals surface area (Å²) in [7, 11) is 3.01. The maximum atomic E-state index is 16.4. The molecule has 0 spiro atoms. The van der Waals surface area contributed by atoms with Crippen molar-refractivity contribution in [2.45, 2.75) is 226 Å². The van der Waals surface area contributed by atoms with E-state index in [0.717, 1.165) is 51.3 Å². The van der Waals surface area contributed by atoms with Gasteiger partial charge in [-0.25, -0.2) is 0 Å². The average Bonchev–Trinajstić information content (AvgIpc) is 1.79. The predicted molar refractivity (Wildman–Crippen MR) is 494 cm³/mol. The van der Waals surface area contributed by atoms with E-state index in [1.165, 1.54) is 54.1 Å². The number of benzene rings is 4. The van der Waals surface area contributed by atoms with Crippen molar-refractivity contribution in [2.24, 2.45) is 22.9 Å². The Morgan fingerprint density at radius 3 is 1.88 bits per heavy atom. The minimum atomic E-state index is -2.10. The molecule has 2 aliphatic heterocycles. The van der Waals surface area contributed by atoms with E-state index in [1.54, 1.807) is 91.1 Å². The van der Waals surface area contributed by atoms with Crippen LogP contribution in [0.5, 0.6) is 5.75 Å². The quantitative estimate of drug-likeness (QED) is 0.0144. The molecule has 2 aliphatic rings. The fourth-order valence-electron chi connectivity index (χ4n) is 15.1. The topological polar surface area (TPSA) is 659 Å². The number of H-pyrrole nitrogens is 1. The lowest BCUT2D eigenvalue weighted by Gasteiger charge is -2.39. The molecule has 24 N–H and O–H groups in total. The first-order valence-electron chi connectivity index (χ1n) is 43.5. The molecular formula is C90H120N20O22S2. The molecule has 4 aromatic carbocycles. The van der Waals surface area contributed by atoms with Crippen LogP contribution in [0, 0.1) is 6.92 Å². The lowest BCUT2D eigenvalue weighted by molar-refractivity contribution is -0.142. The number of carbonyl (C=O) groups is 18. The third-order valence-electron chi connectivity index (χ3n) is 22.4. The number of nitrogens with two attached hydrogens (primary N) is 4. The number of nitrogens with zero attached hydrogens (tertiary/aromatic N) is 2. The van der Waals surface area contributed by atoms with Gasteiger partial charge in [0.05, 0.1) is 25.5 Å². The molecular weight excluding hydrogens is 1780 g/mol. The molecule has 8 rings (SSSR count). The van der Waals surface area contributed by atoms with E-state index >= 15 is 28.8 Å². The largest absolute Gasteiger partial charge is 0.492 e. The Balaban J connectivity index is 1.22. The first-order valence-corrected chi connectivity index (χ1v) is 45.7. The summed E-state index contributed by atoms with van der Waals surface area (Å²) in [6.45, 7) is 10.7. The first-order chi connectivity index (χ1) is 63.4. The summed E-state index contributed by atoms with van der Waals surface area (Å²) in [4.78, 5) is 266. The van der Waals surface area contributed by atoms with Crippen molar-refractivity contribution >= 4 is 150 Å². The number of unbranched alkanes of at least 4 members (excludes halogenated alkanes) is 1. The lowest BCUT2D eigenvalue weighted by atomic mass is 9.87. The van der Waals surface area contributed by atoms with Crippen molar-refractivity contribution in [1.82, 2.24) is 84.0 Å². The van der Waals surface area contributed by atoms with Crippen LogP contribution in [-0.2, 0) is 117 Å². The SMILES string of the molecule is CC(=O)NCCCCC1NC(=O)C(Cc2c[nH]c3c(C)cccc23)NC(=O)C(C(C)O)NC(=O)C(CC(N)=O)NC(=O)C(NC(C)=O)C(C)(C)SSC(C)(C)C(C(=O)NC(Cc2ccc(OCCN)cc2)C(=O)NC(Cc2ccc3ccccc3c2)C(=O)NC2(C(=O)NC(CCC(=O)O)C(=O)NC(CC(N)=O)C(=O)NC(Cc3cccnc3)C(=O)N(C)CC(N)=O)CCOCC2)NC1=O. The number of carbonyl (C=O) groups excluding carboxylic acids is 17. The van der Waals surface area contributed by atoms with Crippen LogP contribution in [0.25, 0.3) is 21.7 Å². The zero-order valence-corrected chi connectivity index (χ0v) is 77.5. The Morgan fingerprint density at radius 2 is 1.24 bits per heavy atom. The molecule has 2 aromatic heterocycles. The molecule has 6 aromatic rings. The van der Waals surface area contributed by atoms with Crippen molar-refractivity contribution in [2.75, 3.05) is 46.5 Å². The molecule has 2 saturated heterocycles. The Bertz CT molecular complexity index is 5270. The number of rotatable bonds is 40. The number of aryl methyl sites for hydroxylation is 1. The van der Waals surface area contributed by atoms with Gasteiger partial charge < -0.3 is 122 Å². The van der Waals surface area contributed by atoms with E-state index in [-0.39, 0.29) is 90.2 Å². The van der Waals surface area contributed by atoms with Gasteiger partial charge in [0, 0.05) is 131 Å². The molecule has 724 valence electrons. The number of amides is 17. The summed E-state index contributed by atoms with van der Waals surface area (Å²) in [5.41, 5.74) is 23.5. The number of para-hydroxylation sites is 1. The summed E-state index contributed by atoms with van der Waals surface area (Å²) in [5, 5.41) is 57.7. The van der Waals surface area contributed by atoms with Crippen LogP contribution >= 0.6 is 21.6 Å². The van der Waals surface area contributed by atoms with Gasteiger partial charge in [-0.3, -0.25) is 91.3 Å². The van der Waals surface area contributed by atoms with Gasteiger partial charge in [-0.1, -0.05) is 100 Å². The van der Waals surface area contributed by atoms with Gasteiger partial charge >= 0.3 is 5.97 Å². The average molecular weight is 1900 g/mol. The Labute approximate surface area is 780 Å². The van der Waals surface area contributed by atoms with Gasteiger partial charge in [0.15, 0.2) is 0 Å². The number of hydrogen-bond donors (Lipinski definition) is 20. The number of aromatic amines is 1. The highest BCUT2D eigenvalue weighted by Crippen LogP contribution is 2.47. The molecule has 4 heterocycles. The van der Waals surface area contributed by atoms with Gasteiger partial charge in [-0.15, -0.1) is 0 Å². The van der Waals surface area contributed by atoms with Crippen LogP contribution in [0.2, 0.25) is 0 Å². The number of likely N-dealkylation sites (N-methyl/N-ethyl adjacent to an activating group) is 1. The van der Waals surface area contributed by atoms with E-state index in [0.29, 0.717) is 44.3 Å². The van der Waals surface area contributed by atoms with E-state index < -0.39 is 227 Å². The number of aliphatic hydroxyl groups is 1. The number of aromatic nitrogens is 2. The fourth-order valence-corrected chi connectivity index (χ4v) is 18.0. The molecule has 0 aliphatic carbocycles. The van der Waals surface area contributed by atoms with Gasteiger partial charge in [0.1, 0.15) is 84.4 Å². The summed E-state index contributed by atoms with van der Waals surface area (Å²) in [5.74, 6) is -18.6. The van der Waals surface area contributed by atoms with Crippen LogP contribution in [0.4, 0.5) is 0 Å². The zero-order chi connectivity index (χ0) is 98.5. The zero-order valence-electron chi connectivity index (χ0n) is 75.9. The van der Waals surface area contributed by atoms with E-state index in [2.05, 4.69) is 79.1 Å². The Hall–Kier alpha value is -13.3. The maximum absolute atomic E-state index is 16.4. The molecule has 134 heavy (non-hydrogen) atoms. The van der Waals surface area contributed by atoms with Crippen molar-refractivity contribution in [3.05, 3.63) is 143 Å². The molecule has 44 heteroatoms. The van der Waals surface area contributed by atoms with Crippen molar-refractivity contribution in [3.8, 4) is 5.75 Å². The molecule has 2 fully saturated rings. The van der Waals surface area contributed by atoms with Crippen LogP contribution < -0.4 is 96.8 Å². The highest BCUT2D eigenvalue weighted by Gasteiger charge is 2.49. The standard InChI is InChI=1S/C90H120N20O22S2/c1-48-16-14-20-59-57(46-97-72(48)59)42-64-79(122)99-60(21-12-13-34-96-50(3)112)77(120)108-75(89(7,8)134-133-88(5,6)74(98-51(4)113)84(127)104-66(44-69(93)115)81(124)107-73(49(2)111)83(126)102-64)85(128)103-62(39-52-23-26-58(27-24-52)132-37-32-91)78(121)100-63(40-53-22-25-55-18-10-11-19-56(55)38-53)82(125)109-90(30-35-131-36-31-90)87(130)106-61(28-29-71(117)118)76(119)101-65(43-68(92)114)80(123)105-67(41-54-17-15-33-95-45-54)86(129)110(9)47-70(94)116/h10-11,14-20,22-27,33,38,45-46,49,60-67,73-75,97,111H,12-13,21,28-32,34-37,39-44,47,91H2,1-9H3,(H2,92,114)(H2,93,115)(H2,94,116)(H,96,112)(H,98,113)(H,99,122)(H,100,121)(H,101,119)(H,102,126)(H,103,128)(H,104,127)(H,105,123)(H,106,130)(H,107,124)(H,108,120)(H,109,125)(H,117,118). The van der Waals surface area contributed by atoms with Crippen LogP contribution in [-0.4, -0.2) is 266 Å². The van der Waals surface area contributed by atoms with Gasteiger partial charge in [-0.2, -0.15) is 0 Å². The molecule has 0 saturated carbocycles. The Morgan fingerprint density at radius 1 is 0.627 bits per heavy atom. The number of nitrogens with one attached hydrogen (secondary N) is 14. The smallest absolute Gasteiger partial charge is 0.303 e. The molecule has 0 bridgehead atoms. The van der Waals surface area contributed by atoms with E-state index in [9.17, 15) is 67.7 Å². The number of carboxylic acid groups (broad SMARTS) is 1. The predicted octanol–water partition coefficient (Wildman–Crippen LogP) is -2.15. The number of carboxylic acids is 1. The van der Waals surface area contributed by atoms with Crippen LogP contribution in [0.3, 0.4) is 0 Å². The second kappa shape index (κ2) is 49.4. The summed E-state index contributed by atoms with van der Waals surface area (Å²) in [6, 6.07) is 7.53.